The quantitative estimate of drug-likeness (QED) is 0.800. The van der Waals surface area contributed by atoms with Gasteiger partial charge in [0.15, 0.2) is 0 Å². The fraction of sp³-hybridized carbons (Fsp3) is 0.0625. The zero-order valence-corrected chi connectivity index (χ0v) is 11.7. The third-order valence-electron chi connectivity index (χ3n) is 3.23. The Morgan fingerprint density at radius 3 is 2.57 bits per heavy atom. The van der Waals surface area contributed by atoms with E-state index in [4.69, 9.17) is 11.6 Å². The van der Waals surface area contributed by atoms with E-state index in [0.717, 1.165) is 5.69 Å². The Morgan fingerprint density at radius 2 is 1.81 bits per heavy atom. The van der Waals surface area contributed by atoms with Crippen molar-refractivity contribution in [1.82, 2.24) is 9.78 Å². The van der Waals surface area contributed by atoms with Crippen molar-refractivity contribution in [1.29, 1.82) is 0 Å². The summed E-state index contributed by atoms with van der Waals surface area (Å²) in [6, 6.07) is 15.4. The monoisotopic (exact) mass is 302 g/mol. The Bertz CT molecular complexity index is 758. The van der Waals surface area contributed by atoms with Gasteiger partial charge in [0.2, 0.25) is 0 Å². The van der Waals surface area contributed by atoms with Crippen LogP contribution < -0.4 is 0 Å². The summed E-state index contributed by atoms with van der Waals surface area (Å²) < 4.78 is 15.1. The molecule has 1 N–H and O–H groups in total. The summed E-state index contributed by atoms with van der Waals surface area (Å²) in [6.07, 6.45) is 0.523. The average molecular weight is 303 g/mol. The first-order chi connectivity index (χ1) is 10.2. The van der Waals surface area contributed by atoms with Crippen LogP contribution in [-0.4, -0.2) is 14.9 Å². The normalized spacial score (nSPS) is 12.3. The number of para-hydroxylation sites is 1. The molecule has 0 amide bonds. The lowest BCUT2D eigenvalue weighted by Gasteiger charge is -2.15. The van der Waals surface area contributed by atoms with E-state index in [1.807, 2.05) is 30.3 Å². The van der Waals surface area contributed by atoms with Gasteiger partial charge in [0.25, 0.3) is 0 Å². The molecule has 0 saturated heterocycles. The second-order valence-corrected chi connectivity index (χ2v) is 4.93. The van der Waals surface area contributed by atoms with Crippen LogP contribution in [0.3, 0.4) is 0 Å². The topological polar surface area (TPSA) is 38.1 Å². The molecule has 0 aliphatic rings. The van der Waals surface area contributed by atoms with E-state index >= 15 is 0 Å². The summed E-state index contributed by atoms with van der Waals surface area (Å²) in [7, 11) is 0. The number of nitrogens with zero attached hydrogens (tertiary/aromatic N) is 2. The zero-order valence-electron chi connectivity index (χ0n) is 10.9. The van der Waals surface area contributed by atoms with Gasteiger partial charge in [-0.15, -0.1) is 0 Å². The van der Waals surface area contributed by atoms with Gasteiger partial charge in [0.1, 0.15) is 11.9 Å². The number of benzene rings is 2. The predicted molar refractivity (Wildman–Crippen MR) is 79.0 cm³/mol. The van der Waals surface area contributed by atoms with Crippen molar-refractivity contribution >= 4 is 11.6 Å². The number of aliphatic hydroxyl groups excluding tert-OH is 1. The van der Waals surface area contributed by atoms with Crippen LogP contribution in [-0.2, 0) is 0 Å². The smallest absolute Gasteiger partial charge is 0.142 e. The summed E-state index contributed by atoms with van der Waals surface area (Å²) in [5.74, 6) is -0.556. The second kappa shape index (κ2) is 5.68. The second-order valence-electron chi connectivity index (χ2n) is 4.55. The summed E-state index contributed by atoms with van der Waals surface area (Å²) in [5.41, 5.74) is 1.65. The standard InChI is InChI=1S/C16H12ClFN2O/c17-15-12(7-4-8-13(15)18)16(21)14-9-10-19-20(14)11-5-2-1-3-6-11/h1-10,16,21H. The highest BCUT2D eigenvalue weighted by molar-refractivity contribution is 6.31. The lowest BCUT2D eigenvalue weighted by Crippen LogP contribution is -2.09. The Balaban J connectivity index is 2.06. The van der Waals surface area contributed by atoms with Gasteiger partial charge in [0.05, 0.1) is 16.4 Å². The maximum Gasteiger partial charge on any atom is 0.142 e. The van der Waals surface area contributed by atoms with Gasteiger partial charge >= 0.3 is 0 Å². The average Bonchev–Trinajstić information content (AvgIpc) is 3.00. The Morgan fingerprint density at radius 1 is 1.05 bits per heavy atom. The molecule has 106 valence electrons. The first-order valence-corrected chi connectivity index (χ1v) is 6.77. The van der Waals surface area contributed by atoms with Crippen molar-refractivity contribution in [3.63, 3.8) is 0 Å². The third-order valence-corrected chi connectivity index (χ3v) is 3.63. The number of halogens is 2. The van der Waals surface area contributed by atoms with Crippen LogP contribution >= 0.6 is 11.6 Å². The fourth-order valence-electron chi connectivity index (χ4n) is 2.20. The van der Waals surface area contributed by atoms with Gasteiger partial charge in [-0.05, 0) is 24.3 Å². The van der Waals surface area contributed by atoms with Crippen LogP contribution in [0, 0.1) is 5.82 Å². The number of aromatic nitrogens is 2. The summed E-state index contributed by atoms with van der Waals surface area (Å²) in [6.45, 7) is 0. The van der Waals surface area contributed by atoms with E-state index in [0.29, 0.717) is 11.3 Å². The van der Waals surface area contributed by atoms with Crippen molar-refractivity contribution in [2.45, 2.75) is 6.10 Å². The predicted octanol–water partition coefficient (Wildman–Crippen LogP) is 3.75. The number of aliphatic hydroxyl groups is 1. The molecule has 1 heterocycles. The Labute approximate surface area is 126 Å². The lowest BCUT2D eigenvalue weighted by molar-refractivity contribution is 0.211. The van der Waals surface area contributed by atoms with E-state index < -0.39 is 11.9 Å². The van der Waals surface area contributed by atoms with Crippen molar-refractivity contribution in [2.24, 2.45) is 0 Å². The Hall–Kier alpha value is -2.17. The van der Waals surface area contributed by atoms with E-state index in [9.17, 15) is 9.50 Å². The molecule has 1 aromatic heterocycles. The minimum absolute atomic E-state index is 0.0780. The molecule has 0 radical (unpaired) electrons. The maximum atomic E-state index is 13.5. The molecule has 0 saturated carbocycles. The summed E-state index contributed by atoms with van der Waals surface area (Å²) >= 11 is 5.94. The largest absolute Gasteiger partial charge is 0.382 e. The van der Waals surface area contributed by atoms with Crippen molar-refractivity contribution in [2.75, 3.05) is 0 Å². The van der Waals surface area contributed by atoms with Crippen LogP contribution in [0.15, 0.2) is 60.8 Å². The maximum absolute atomic E-state index is 13.5. The van der Waals surface area contributed by atoms with E-state index in [2.05, 4.69) is 5.10 Å². The van der Waals surface area contributed by atoms with E-state index in [1.54, 1.807) is 23.0 Å². The van der Waals surface area contributed by atoms with Gasteiger partial charge in [-0.25, -0.2) is 9.07 Å². The molecule has 1 unspecified atom stereocenters. The van der Waals surface area contributed by atoms with E-state index in [1.165, 1.54) is 12.1 Å². The van der Waals surface area contributed by atoms with E-state index in [-0.39, 0.29) is 5.02 Å². The number of hydrogen-bond acceptors (Lipinski definition) is 2. The molecule has 1 atom stereocenters. The van der Waals surface area contributed by atoms with Crippen molar-refractivity contribution in [3.8, 4) is 5.69 Å². The molecular formula is C16H12ClFN2O. The highest BCUT2D eigenvalue weighted by atomic mass is 35.5. The summed E-state index contributed by atoms with van der Waals surface area (Å²) in [5, 5.41) is 14.6. The third kappa shape index (κ3) is 2.55. The molecule has 0 fully saturated rings. The molecule has 2 aromatic carbocycles. The SMILES string of the molecule is OC(c1cccc(F)c1Cl)c1ccnn1-c1ccccc1. The molecule has 0 aliphatic carbocycles. The minimum Gasteiger partial charge on any atom is -0.382 e. The van der Waals surface area contributed by atoms with Crippen LogP contribution in [0.1, 0.15) is 17.4 Å². The lowest BCUT2D eigenvalue weighted by atomic mass is 10.1. The van der Waals surface area contributed by atoms with Crippen LogP contribution in [0.5, 0.6) is 0 Å². The van der Waals surface area contributed by atoms with Crippen molar-refractivity contribution in [3.05, 3.63) is 82.9 Å². The highest BCUT2D eigenvalue weighted by Crippen LogP contribution is 2.30. The summed E-state index contributed by atoms with van der Waals surface area (Å²) in [4.78, 5) is 0. The molecule has 0 bridgehead atoms. The van der Waals surface area contributed by atoms with Crippen LogP contribution in [0.4, 0.5) is 4.39 Å². The van der Waals surface area contributed by atoms with Gasteiger partial charge in [-0.2, -0.15) is 5.10 Å². The highest BCUT2D eigenvalue weighted by Gasteiger charge is 2.20. The molecule has 3 aromatic rings. The molecular weight excluding hydrogens is 291 g/mol. The van der Waals surface area contributed by atoms with Crippen LogP contribution in [0.25, 0.3) is 5.69 Å². The molecule has 21 heavy (non-hydrogen) atoms. The first-order valence-electron chi connectivity index (χ1n) is 6.40. The first kappa shape index (κ1) is 13.8. The zero-order chi connectivity index (χ0) is 14.8. The van der Waals surface area contributed by atoms with Crippen molar-refractivity contribution < 1.29 is 9.50 Å². The number of hydrogen-bond donors (Lipinski definition) is 1. The fourth-order valence-corrected chi connectivity index (χ4v) is 2.43. The van der Waals surface area contributed by atoms with Gasteiger partial charge < -0.3 is 5.11 Å². The van der Waals surface area contributed by atoms with Gasteiger partial charge in [0, 0.05) is 11.8 Å². The molecule has 3 rings (SSSR count). The number of rotatable bonds is 3. The molecule has 0 spiro atoms. The van der Waals surface area contributed by atoms with Gasteiger partial charge in [-0.3, -0.25) is 0 Å². The van der Waals surface area contributed by atoms with Crippen LogP contribution in [0.2, 0.25) is 5.02 Å². The molecule has 3 nitrogen and oxygen atoms in total. The minimum atomic E-state index is -1.06. The van der Waals surface area contributed by atoms with Gasteiger partial charge in [-0.1, -0.05) is 41.9 Å². The molecule has 5 heteroatoms. The Kier molecular flexibility index (Phi) is 3.73. The molecule has 0 aliphatic heterocycles.